The lowest BCUT2D eigenvalue weighted by Crippen LogP contribution is -2.52. The van der Waals surface area contributed by atoms with Gasteiger partial charge in [0, 0.05) is 19.3 Å². The number of carbonyl (C=O) groups is 1. The van der Waals surface area contributed by atoms with Crippen LogP contribution in [-0.4, -0.2) is 35.2 Å². The van der Waals surface area contributed by atoms with Gasteiger partial charge in [0.25, 0.3) is 0 Å². The van der Waals surface area contributed by atoms with E-state index in [-0.39, 0.29) is 24.5 Å². The van der Waals surface area contributed by atoms with Gasteiger partial charge in [-0.15, -0.1) is 0 Å². The van der Waals surface area contributed by atoms with E-state index in [4.69, 9.17) is 0 Å². The molecule has 2 atom stereocenters. The molecule has 0 N–H and O–H groups in total. The molecule has 0 aromatic carbocycles. The highest BCUT2D eigenvalue weighted by molar-refractivity contribution is 5.88. The van der Waals surface area contributed by atoms with Gasteiger partial charge in [-0.05, 0) is 38.8 Å². The molecule has 19 heavy (non-hydrogen) atoms. The minimum atomic E-state index is -2.55. The van der Waals surface area contributed by atoms with E-state index in [9.17, 15) is 13.6 Å². The summed E-state index contributed by atoms with van der Waals surface area (Å²) in [6.07, 6.45) is 1.35. The number of hydrogen-bond acceptors (Lipinski definition) is 2. The standard InChI is InChI=1S/C15H27F2NO/c1-5-14(4,18(6-2)7-3)13(19)10-12-8-9-15(16,17)11-12/h12H,5-11H2,1-4H3. The molecule has 2 nitrogen and oxygen atoms in total. The molecule has 0 radical (unpaired) electrons. The van der Waals surface area contributed by atoms with Crippen molar-refractivity contribution in [3.05, 3.63) is 0 Å². The van der Waals surface area contributed by atoms with E-state index in [0.29, 0.717) is 12.8 Å². The molecule has 2 unspecified atom stereocenters. The fourth-order valence-corrected chi connectivity index (χ4v) is 3.22. The van der Waals surface area contributed by atoms with Crippen molar-refractivity contribution in [3.63, 3.8) is 0 Å². The summed E-state index contributed by atoms with van der Waals surface area (Å²) in [4.78, 5) is 14.7. The lowest BCUT2D eigenvalue weighted by molar-refractivity contribution is -0.131. The molecule has 1 aliphatic rings. The highest BCUT2D eigenvalue weighted by Crippen LogP contribution is 2.41. The molecular formula is C15H27F2NO. The third-order valence-corrected chi connectivity index (χ3v) is 4.73. The van der Waals surface area contributed by atoms with Crippen molar-refractivity contribution in [3.8, 4) is 0 Å². The number of halogens is 2. The highest BCUT2D eigenvalue weighted by Gasteiger charge is 2.43. The van der Waals surface area contributed by atoms with Gasteiger partial charge in [0.2, 0.25) is 5.92 Å². The summed E-state index contributed by atoms with van der Waals surface area (Å²) in [5, 5.41) is 0. The average molecular weight is 275 g/mol. The average Bonchev–Trinajstić information content (AvgIpc) is 2.69. The molecule has 0 aromatic rings. The van der Waals surface area contributed by atoms with Gasteiger partial charge in [-0.25, -0.2) is 8.78 Å². The molecule has 1 rings (SSSR count). The molecule has 112 valence electrons. The number of carbonyl (C=O) groups excluding carboxylic acids is 1. The maximum absolute atomic E-state index is 13.2. The SMILES string of the molecule is CCN(CC)C(C)(CC)C(=O)CC1CCC(F)(F)C1. The number of Topliss-reactive ketones (excluding diaryl/α,β-unsaturated/α-hetero) is 1. The summed E-state index contributed by atoms with van der Waals surface area (Å²) in [5.74, 6) is -2.56. The Balaban J connectivity index is 2.69. The van der Waals surface area contributed by atoms with Crippen molar-refractivity contribution in [1.82, 2.24) is 4.90 Å². The molecule has 0 heterocycles. The molecule has 0 aliphatic heterocycles. The van der Waals surface area contributed by atoms with Crippen LogP contribution in [0.1, 0.15) is 59.8 Å². The predicted octanol–water partition coefficient (Wildman–Crippen LogP) is 3.89. The zero-order chi connectivity index (χ0) is 14.7. The second-order valence-corrected chi connectivity index (χ2v) is 5.89. The van der Waals surface area contributed by atoms with Gasteiger partial charge >= 0.3 is 0 Å². The Morgan fingerprint density at radius 2 is 1.89 bits per heavy atom. The molecule has 1 fully saturated rings. The lowest BCUT2D eigenvalue weighted by atomic mass is 9.85. The van der Waals surface area contributed by atoms with Gasteiger partial charge in [0.05, 0.1) is 5.54 Å². The second-order valence-electron chi connectivity index (χ2n) is 5.89. The Hall–Kier alpha value is -0.510. The highest BCUT2D eigenvalue weighted by atomic mass is 19.3. The van der Waals surface area contributed by atoms with E-state index in [2.05, 4.69) is 4.90 Å². The van der Waals surface area contributed by atoms with Gasteiger partial charge in [0.15, 0.2) is 5.78 Å². The van der Waals surface area contributed by atoms with Crippen LogP contribution in [0.25, 0.3) is 0 Å². The molecule has 4 heteroatoms. The summed E-state index contributed by atoms with van der Waals surface area (Å²) in [6, 6.07) is 0. The fraction of sp³-hybridized carbons (Fsp3) is 0.933. The molecule has 0 saturated heterocycles. The van der Waals surface area contributed by atoms with E-state index in [1.807, 2.05) is 27.7 Å². The number of nitrogens with zero attached hydrogens (tertiary/aromatic N) is 1. The Morgan fingerprint density at radius 3 is 2.26 bits per heavy atom. The monoisotopic (exact) mass is 275 g/mol. The number of alkyl halides is 2. The lowest BCUT2D eigenvalue weighted by Gasteiger charge is -2.39. The zero-order valence-electron chi connectivity index (χ0n) is 12.6. The summed E-state index contributed by atoms with van der Waals surface area (Å²) in [6.45, 7) is 9.65. The first-order valence-corrected chi connectivity index (χ1v) is 7.45. The maximum Gasteiger partial charge on any atom is 0.248 e. The first-order chi connectivity index (χ1) is 8.79. The molecule has 0 amide bonds. The van der Waals surface area contributed by atoms with Crippen molar-refractivity contribution in [1.29, 1.82) is 0 Å². The normalized spacial score (nSPS) is 25.5. The largest absolute Gasteiger partial charge is 0.298 e. The van der Waals surface area contributed by atoms with Gasteiger partial charge in [-0.2, -0.15) is 0 Å². The summed E-state index contributed by atoms with van der Waals surface area (Å²) < 4.78 is 26.4. The summed E-state index contributed by atoms with van der Waals surface area (Å²) in [7, 11) is 0. The number of hydrogen-bond donors (Lipinski definition) is 0. The van der Waals surface area contributed by atoms with Crippen LogP contribution in [0.5, 0.6) is 0 Å². The van der Waals surface area contributed by atoms with Crippen LogP contribution in [0.4, 0.5) is 8.78 Å². The molecule has 1 aliphatic carbocycles. The quantitative estimate of drug-likeness (QED) is 0.702. The van der Waals surface area contributed by atoms with Gasteiger partial charge in [-0.3, -0.25) is 9.69 Å². The minimum absolute atomic E-state index is 0.0565. The van der Waals surface area contributed by atoms with Crippen LogP contribution in [0.2, 0.25) is 0 Å². The predicted molar refractivity (Wildman–Crippen MR) is 73.5 cm³/mol. The van der Waals surface area contributed by atoms with Crippen molar-refractivity contribution < 1.29 is 13.6 Å². The Kier molecular flexibility index (Phi) is 5.48. The first-order valence-electron chi connectivity index (χ1n) is 7.45. The Morgan fingerprint density at radius 1 is 1.32 bits per heavy atom. The van der Waals surface area contributed by atoms with Gasteiger partial charge < -0.3 is 0 Å². The Labute approximate surface area is 115 Å². The molecule has 0 bridgehead atoms. The summed E-state index contributed by atoms with van der Waals surface area (Å²) >= 11 is 0. The topological polar surface area (TPSA) is 20.3 Å². The molecule has 0 aromatic heterocycles. The third kappa shape index (κ3) is 3.74. The van der Waals surface area contributed by atoms with Crippen LogP contribution in [0.15, 0.2) is 0 Å². The zero-order valence-corrected chi connectivity index (χ0v) is 12.6. The Bertz CT molecular complexity index is 315. The van der Waals surface area contributed by atoms with Crippen LogP contribution in [-0.2, 0) is 4.79 Å². The maximum atomic E-state index is 13.2. The number of ketones is 1. The van der Waals surface area contributed by atoms with E-state index in [1.165, 1.54) is 0 Å². The van der Waals surface area contributed by atoms with E-state index in [0.717, 1.165) is 19.5 Å². The van der Waals surface area contributed by atoms with E-state index < -0.39 is 11.5 Å². The molecular weight excluding hydrogens is 248 g/mol. The molecule has 0 spiro atoms. The van der Waals surface area contributed by atoms with Crippen LogP contribution in [0.3, 0.4) is 0 Å². The van der Waals surface area contributed by atoms with Crippen LogP contribution < -0.4 is 0 Å². The van der Waals surface area contributed by atoms with Crippen molar-refractivity contribution in [2.24, 2.45) is 5.92 Å². The van der Waals surface area contributed by atoms with Crippen LogP contribution in [0, 0.1) is 5.92 Å². The van der Waals surface area contributed by atoms with Crippen molar-refractivity contribution >= 4 is 5.78 Å². The first kappa shape index (κ1) is 16.5. The van der Waals surface area contributed by atoms with Gasteiger partial charge in [0.1, 0.15) is 0 Å². The minimum Gasteiger partial charge on any atom is -0.298 e. The molecule has 1 saturated carbocycles. The van der Waals surface area contributed by atoms with Gasteiger partial charge in [-0.1, -0.05) is 20.8 Å². The second kappa shape index (κ2) is 6.29. The number of rotatable bonds is 7. The smallest absolute Gasteiger partial charge is 0.248 e. The van der Waals surface area contributed by atoms with Crippen LogP contribution >= 0.6 is 0 Å². The summed E-state index contributed by atoms with van der Waals surface area (Å²) in [5.41, 5.74) is -0.499. The van der Waals surface area contributed by atoms with Crippen molar-refractivity contribution in [2.75, 3.05) is 13.1 Å². The fourth-order valence-electron chi connectivity index (χ4n) is 3.22. The van der Waals surface area contributed by atoms with Crippen molar-refractivity contribution in [2.45, 2.75) is 71.3 Å². The number of likely N-dealkylation sites (N-methyl/N-ethyl adjacent to an activating group) is 1. The van der Waals surface area contributed by atoms with E-state index >= 15 is 0 Å². The third-order valence-electron chi connectivity index (χ3n) is 4.73. The van der Waals surface area contributed by atoms with E-state index in [1.54, 1.807) is 0 Å².